The fraction of sp³-hybridized carbons (Fsp3) is 0. The molecule has 0 spiro atoms. The van der Waals surface area contributed by atoms with Crippen molar-refractivity contribution in [3.63, 3.8) is 0 Å². The number of thiophene rings is 1. The first-order valence-electron chi connectivity index (χ1n) is 40.9. The highest BCUT2D eigenvalue weighted by Gasteiger charge is 2.23. The van der Waals surface area contributed by atoms with Crippen LogP contribution in [0.15, 0.2) is 431 Å². The average molecular weight is 1580 g/mol. The zero-order valence-electron chi connectivity index (χ0n) is 65.9. The van der Waals surface area contributed by atoms with Crippen LogP contribution in [-0.2, 0) is 0 Å². The highest BCUT2D eigenvalue weighted by Crippen LogP contribution is 2.43. The van der Waals surface area contributed by atoms with Crippen molar-refractivity contribution >= 4 is 140 Å². The number of hydrogen-bond donors (Lipinski definition) is 1. The molecule has 25 rings (SSSR count). The van der Waals surface area contributed by atoms with Gasteiger partial charge >= 0.3 is 0 Å². The largest absolute Gasteiger partial charge is 0.355 e. The quantitative estimate of drug-likeness (QED) is 0.153. The van der Waals surface area contributed by atoms with E-state index in [9.17, 15) is 0 Å². The van der Waals surface area contributed by atoms with E-state index in [0.717, 1.165) is 82.9 Å². The smallest absolute Gasteiger partial charge is 0.238 e. The third kappa shape index (κ3) is 13.4. The summed E-state index contributed by atoms with van der Waals surface area (Å²) in [5, 5.41) is 17.0. The Morgan fingerprint density at radius 3 is 1.18 bits per heavy atom. The molecule has 0 atom stereocenters. The van der Waals surface area contributed by atoms with Crippen molar-refractivity contribution in [2.24, 2.45) is 0 Å². The number of aromatic amines is 1. The molecule has 572 valence electrons. The van der Waals surface area contributed by atoms with Crippen molar-refractivity contribution in [1.29, 1.82) is 0 Å². The lowest BCUT2D eigenvalue weighted by Crippen LogP contribution is -2.06. The van der Waals surface area contributed by atoms with E-state index < -0.39 is 0 Å². The van der Waals surface area contributed by atoms with E-state index in [0.29, 0.717) is 23.5 Å². The van der Waals surface area contributed by atoms with Crippen molar-refractivity contribution in [2.75, 3.05) is 0 Å². The van der Waals surface area contributed by atoms with Gasteiger partial charge in [-0.1, -0.05) is 352 Å². The van der Waals surface area contributed by atoms with Crippen molar-refractivity contribution < 1.29 is 0 Å². The maximum absolute atomic E-state index is 5.25. The number of hydrogen-bond acceptors (Lipinski definition) is 8. The summed E-state index contributed by atoms with van der Waals surface area (Å²) < 4.78 is 7.04. The van der Waals surface area contributed by atoms with Gasteiger partial charge < -0.3 is 4.98 Å². The van der Waals surface area contributed by atoms with Crippen LogP contribution in [0.4, 0.5) is 0 Å². The molecule has 0 radical (unpaired) electrons. The maximum atomic E-state index is 5.25. The Labute approximate surface area is 706 Å². The Balaban J connectivity index is 0.000000106. The van der Waals surface area contributed by atoms with Crippen LogP contribution in [0.5, 0.6) is 0 Å². The molecule has 0 aliphatic carbocycles. The summed E-state index contributed by atoms with van der Waals surface area (Å²) >= 11 is 1.85. The zero-order valence-corrected chi connectivity index (χ0v) is 66.7. The van der Waals surface area contributed by atoms with Gasteiger partial charge in [0.2, 0.25) is 11.9 Å². The van der Waals surface area contributed by atoms with Crippen molar-refractivity contribution in [2.45, 2.75) is 0 Å². The molecule has 0 bridgehead atoms. The van der Waals surface area contributed by atoms with Gasteiger partial charge in [-0.05, 0) is 128 Å². The minimum absolute atomic E-state index is 0.594. The molecule has 7 heterocycles. The van der Waals surface area contributed by atoms with E-state index >= 15 is 0 Å². The first kappa shape index (κ1) is 72.3. The van der Waals surface area contributed by atoms with E-state index in [4.69, 9.17) is 24.9 Å². The number of fused-ring (bicyclic) bond motifs is 18. The van der Waals surface area contributed by atoms with Gasteiger partial charge in [-0.25, -0.2) is 24.9 Å². The number of nitrogens with zero attached hydrogens (tertiary/aromatic N) is 9. The van der Waals surface area contributed by atoms with Crippen LogP contribution >= 0.6 is 11.3 Å². The molecule has 25 aromatic rings. The Bertz CT molecular complexity index is 8140. The monoisotopic (exact) mass is 1580 g/mol. The molecule has 11 heteroatoms. The highest BCUT2D eigenvalue weighted by molar-refractivity contribution is 7.25. The van der Waals surface area contributed by atoms with Crippen LogP contribution in [-0.4, -0.2) is 49.0 Å². The van der Waals surface area contributed by atoms with Crippen LogP contribution < -0.4 is 0 Å². The Kier molecular flexibility index (Phi) is 18.6. The first-order valence-corrected chi connectivity index (χ1v) is 41.7. The van der Waals surface area contributed by atoms with Crippen molar-refractivity contribution in [3.8, 4) is 90.6 Å². The predicted octanol–water partition coefficient (Wildman–Crippen LogP) is 29.0. The number of benzene rings is 18. The molecule has 18 aromatic carbocycles. The summed E-state index contributed by atoms with van der Waals surface area (Å²) in [6.07, 6.45) is 1.63. The van der Waals surface area contributed by atoms with Crippen LogP contribution in [0.25, 0.3) is 220 Å². The molecular formula is C111H72N10S. The molecule has 0 aliphatic rings. The van der Waals surface area contributed by atoms with Gasteiger partial charge in [0.1, 0.15) is 6.33 Å². The van der Waals surface area contributed by atoms with Crippen molar-refractivity contribution in [1.82, 2.24) is 49.0 Å². The molecule has 1 N–H and O–H groups in total. The summed E-state index contributed by atoms with van der Waals surface area (Å²) in [6.45, 7) is 0. The average Bonchev–Trinajstić information content (AvgIpc) is 1.58. The molecule has 0 saturated heterocycles. The lowest BCUT2D eigenvalue weighted by Gasteiger charge is -2.12. The van der Waals surface area contributed by atoms with Gasteiger partial charge in [0, 0.05) is 96.5 Å². The highest BCUT2D eigenvalue weighted by atomic mass is 32.1. The SMILES string of the molecule is c1ccc(-c2ccc(-c3nc(-n4c5ccccc5c5c6ccccc6ccc54)nc4ccccc34)cc2)cc1.c1ccc(-c2ccc(-c3ncnc4ccccc34)cc2)cc1.c1ccc(-c2nc(-c3ccccc3)nc(-n3c4ccc(-c5ccc6sc7ccccc7c6c5)cc4c4c5ccccc5ccc43)n2)cc1.c1ccc2c(c1)[nH]c1ccccc12. The second kappa shape index (κ2) is 31.3. The summed E-state index contributed by atoms with van der Waals surface area (Å²) in [7, 11) is 0. The first-order chi connectivity index (χ1) is 60.5. The number of H-pyrrole nitrogens is 1. The van der Waals surface area contributed by atoms with Gasteiger partial charge in [0.25, 0.3) is 0 Å². The van der Waals surface area contributed by atoms with Crippen LogP contribution in [0.3, 0.4) is 0 Å². The van der Waals surface area contributed by atoms with Crippen LogP contribution in [0.1, 0.15) is 0 Å². The second-order valence-electron chi connectivity index (χ2n) is 30.3. The third-order valence-corrected chi connectivity index (χ3v) is 24.2. The van der Waals surface area contributed by atoms with Gasteiger partial charge in [-0.2, -0.15) is 9.97 Å². The van der Waals surface area contributed by atoms with Crippen LogP contribution in [0.2, 0.25) is 0 Å². The summed E-state index contributed by atoms with van der Waals surface area (Å²) in [4.78, 5) is 37.7. The number of para-hydroxylation sites is 5. The molecule has 0 fully saturated rings. The van der Waals surface area contributed by atoms with Gasteiger partial charge in [-0.3, -0.25) is 9.13 Å². The third-order valence-electron chi connectivity index (χ3n) is 23.1. The van der Waals surface area contributed by atoms with Crippen molar-refractivity contribution in [3.05, 3.63) is 431 Å². The Hall–Kier alpha value is -16.2. The van der Waals surface area contributed by atoms with Gasteiger partial charge in [0.05, 0.1) is 44.5 Å². The summed E-state index contributed by atoms with van der Waals surface area (Å²) in [6, 6.07) is 148. The molecular weight excluding hydrogens is 1510 g/mol. The standard InChI is InChI=1S/C43H26N4S.C36H23N3.C20H14N2.C12H9N/c1-3-12-28(13-4-1)41-44-42(29-14-5-2-6-15-29)46-43(45-41)47-36-22-20-30(26-35(36)40-32-16-8-7-11-27(32)19-23-37(40)47)31-21-24-39-34(25-31)33-17-9-10-18-38(33)48-39;1-2-10-24(11-3-1)25-18-20-27(21-19-25)35-29-14-6-8-16-31(29)37-36(38-35)39-32-17-9-7-15-30(32)34-28-13-5-4-12-26(28)22-23-33(34)39;1-2-6-15(7-3-1)16-10-12-17(13-11-16)20-18-8-4-5-9-19(18)21-14-22-20;1-3-7-11-9(5-1)10-6-2-4-8-12(10)13-11/h1-26H;1-23H;1-14H;1-8,13H. The molecule has 0 unspecified atom stereocenters. The molecule has 10 nitrogen and oxygen atoms in total. The Morgan fingerprint density at radius 1 is 0.213 bits per heavy atom. The topological polar surface area (TPSA) is 116 Å². The molecule has 0 saturated carbocycles. The fourth-order valence-electron chi connectivity index (χ4n) is 17.3. The van der Waals surface area contributed by atoms with E-state index in [2.05, 4.69) is 352 Å². The molecule has 122 heavy (non-hydrogen) atoms. The number of aromatic nitrogens is 10. The summed E-state index contributed by atoms with van der Waals surface area (Å²) in [5.74, 6) is 2.56. The number of nitrogens with one attached hydrogen (secondary N) is 1. The normalized spacial score (nSPS) is 11.4. The minimum Gasteiger partial charge on any atom is -0.355 e. The number of rotatable bonds is 9. The summed E-state index contributed by atoms with van der Waals surface area (Å²) in [5.41, 5.74) is 21.8. The minimum atomic E-state index is 0.594. The van der Waals surface area contributed by atoms with Gasteiger partial charge in [0.15, 0.2) is 11.6 Å². The van der Waals surface area contributed by atoms with Crippen LogP contribution in [0, 0.1) is 0 Å². The molecule has 7 aromatic heterocycles. The van der Waals surface area contributed by atoms with Gasteiger partial charge in [-0.15, -0.1) is 11.3 Å². The lowest BCUT2D eigenvalue weighted by molar-refractivity contribution is 0.953. The molecule has 0 aliphatic heterocycles. The van der Waals surface area contributed by atoms with E-state index in [1.165, 1.54) is 113 Å². The fourth-order valence-corrected chi connectivity index (χ4v) is 18.4. The van der Waals surface area contributed by atoms with E-state index in [1.54, 1.807) is 6.33 Å². The Morgan fingerprint density at radius 2 is 0.598 bits per heavy atom. The zero-order chi connectivity index (χ0) is 80.8. The maximum Gasteiger partial charge on any atom is 0.238 e. The van der Waals surface area contributed by atoms with E-state index in [-0.39, 0.29) is 0 Å². The van der Waals surface area contributed by atoms with E-state index in [1.807, 2.05) is 108 Å². The second-order valence-corrected chi connectivity index (χ2v) is 31.4. The predicted molar refractivity (Wildman–Crippen MR) is 509 cm³/mol. The lowest BCUT2D eigenvalue weighted by atomic mass is 9.99. The molecule has 0 amide bonds.